The average Bonchev–Trinajstić information content (AvgIpc) is 3.50. The fourth-order valence-corrected chi connectivity index (χ4v) is 4.14. The molecule has 0 unspecified atom stereocenters. The molecule has 0 N–H and O–H groups in total. The Labute approximate surface area is 188 Å². The SMILES string of the molecule is COC(=O)c1ccc(-n2c(C)cc(C(=O)CSc3nnc(-c4ccoc4C)o3)c2C)cc1. The molecule has 4 aromatic rings. The van der Waals surface area contributed by atoms with Crippen molar-refractivity contribution in [3.05, 3.63) is 70.9 Å². The molecule has 8 nitrogen and oxygen atoms in total. The lowest BCUT2D eigenvalue weighted by Crippen LogP contribution is -2.06. The van der Waals surface area contributed by atoms with Gasteiger partial charge < -0.3 is 18.1 Å². The van der Waals surface area contributed by atoms with Crippen LogP contribution in [0.4, 0.5) is 0 Å². The summed E-state index contributed by atoms with van der Waals surface area (Å²) in [6.45, 7) is 5.64. The molecule has 0 aliphatic rings. The number of thioether (sulfide) groups is 1. The zero-order valence-electron chi connectivity index (χ0n) is 18.0. The molecule has 0 saturated heterocycles. The lowest BCUT2D eigenvalue weighted by molar-refractivity contribution is 0.0600. The maximum atomic E-state index is 12.9. The molecule has 4 rings (SSSR count). The van der Waals surface area contributed by atoms with E-state index in [-0.39, 0.29) is 11.5 Å². The van der Waals surface area contributed by atoms with Crippen molar-refractivity contribution in [2.75, 3.05) is 12.9 Å². The molecule has 0 amide bonds. The van der Waals surface area contributed by atoms with Crippen LogP contribution in [-0.4, -0.2) is 39.4 Å². The van der Waals surface area contributed by atoms with Crippen molar-refractivity contribution in [2.45, 2.75) is 26.0 Å². The number of aromatic nitrogens is 3. The van der Waals surface area contributed by atoms with Gasteiger partial charge in [-0.05, 0) is 57.2 Å². The van der Waals surface area contributed by atoms with Crippen LogP contribution in [0.5, 0.6) is 0 Å². The summed E-state index contributed by atoms with van der Waals surface area (Å²) in [4.78, 5) is 24.6. The molecule has 0 aliphatic carbocycles. The zero-order valence-corrected chi connectivity index (χ0v) is 18.9. The summed E-state index contributed by atoms with van der Waals surface area (Å²) in [6, 6.07) is 10.7. The van der Waals surface area contributed by atoms with Crippen LogP contribution in [0.3, 0.4) is 0 Å². The summed E-state index contributed by atoms with van der Waals surface area (Å²) >= 11 is 1.19. The van der Waals surface area contributed by atoms with Crippen LogP contribution in [0.2, 0.25) is 0 Å². The van der Waals surface area contributed by atoms with Crippen molar-refractivity contribution in [1.82, 2.24) is 14.8 Å². The summed E-state index contributed by atoms with van der Waals surface area (Å²) in [5, 5.41) is 8.36. The number of ketones is 1. The van der Waals surface area contributed by atoms with Gasteiger partial charge in [-0.2, -0.15) is 0 Å². The van der Waals surface area contributed by atoms with Gasteiger partial charge in [0.25, 0.3) is 11.1 Å². The van der Waals surface area contributed by atoms with Crippen molar-refractivity contribution < 1.29 is 23.2 Å². The van der Waals surface area contributed by atoms with Gasteiger partial charge >= 0.3 is 5.97 Å². The van der Waals surface area contributed by atoms with Crippen LogP contribution < -0.4 is 0 Å². The minimum atomic E-state index is -0.391. The number of hydrogen-bond acceptors (Lipinski definition) is 8. The predicted octanol–water partition coefficient (Wildman–Crippen LogP) is 4.81. The molecule has 3 aromatic heterocycles. The fourth-order valence-electron chi connectivity index (χ4n) is 3.50. The zero-order chi connectivity index (χ0) is 22.8. The van der Waals surface area contributed by atoms with Gasteiger partial charge in [-0.15, -0.1) is 10.2 Å². The third-order valence-electron chi connectivity index (χ3n) is 5.10. The van der Waals surface area contributed by atoms with E-state index in [1.54, 1.807) is 24.5 Å². The number of carbonyl (C=O) groups is 2. The highest BCUT2D eigenvalue weighted by Gasteiger charge is 2.19. The maximum Gasteiger partial charge on any atom is 0.337 e. The molecule has 0 fully saturated rings. The van der Waals surface area contributed by atoms with Gasteiger partial charge in [-0.25, -0.2) is 4.79 Å². The Morgan fingerprint density at radius 1 is 1.09 bits per heavy atom. The molecule has 0 atom stereocenters. The first-order chi connectivity index (χ1) is 15.4. The van der Waals surface area contributed by atoms with Gasteiger partial charge in [0.15, 0.2) is 5.78 Å². The molecule has 0 saturated carbocycles. The second-order valence-corrected chi connectivity index (χ2v) is 8.06. The van der Waals surface area contributed by atoms with Crippen molar-refractivity contribution in [3.8, 4) is 17.1 Å². The third kappa shape index (κ3) is 4.11. The highest BCUT2D eigenvalue weighted by atomic mass is 32.2. The van der Waals surface area contributed by atoms with Crippen molar-refractivity contribution in [1.29, 1.82) is 0 Å². The summed E-state index contributed by atoms with van der Waals surface area (Å²) < 4.78 is 17.6. The number of methoxy groups -OCH3 is 1. The van der Waals surface area contributed by atoms with Gasteiger partial charge in [0.1, 0.15) is 5.76 Å². The fraction of sp³-hybridized carbons (Fsp3) is 0.217. The number of aryl methyl sites for hydroxylation is 2. The first kappa shape index (κ1) is 21.6. The number of Topliss-reactive ketones (excluding diaryl/α,β-unsaturated/α-hetero) is 1. The van der Waals surface area contributed by atoms with E-state index in [9.17, 15) is 9.59 Å². The monoisotopic (exact) mass is 451 g/mol. The molecular weight excluding hydrogens is 430 g/mol. The number of furan rings is 1. The average molecular weight is 452 g/mol. The molecule has 32 heavy (non-hydrogen) atoms. The summed E-state index contributed by atoms with van der Waals surface area (Å²) in [5.74, 6) is 0.780. The van der Waals surface area contributed by atoms with Crippen molar-refractivity contribution in [2.24, 2.45) is 0 Å². The predicted molar refractivity (Wildman–Crippen MR) is 118 cm³/mol. The molecule has 0 radical (unpaired) electrons. The highest BCUT2D eigenvalue weighted by molar-refractivity contribution is 7.99. The van der Waals surface area contributed by atoms with Crippen LogP contribution in [0, 0.1) is 20.8 Å². The summed E-state index contributed by atoms with van der Waals surface area (Å²) in [5.41, 5.74) is 4.42. The largest absolute Gasteiger partial charge is 0.469 e. The molecule has 0 spiro atoms. The Morgan fingerprint density at radius 2 is 1.84 bits per heavy atom. The van der Waals surface area contributed by atoms with Crippen LogP contribution in [0.15, 0.2) is 56.7 Å². The van der Waals surface area contributed by atoms with E-state index < -0.39 is 5.97 Å². The van der Waals surface area contributed by atoms with Gasteiger partial charge in [-0.3, -0.25) is 4.79 Å². The van der Waals surface area contributed by atoms with Crippen LogP contribution in [-0.2, 0) is 4.74 Å². The number of carbonyl (C=O) groups excluding carboxylic acids is 2. The first-order valence-corrected chi connectivity index (χ1v) is 10.8. The lowest BCUT2D eigenvalue weighted by atomic mass is 10.2. The molecule has 9 heteroatoms. The Morgan fingerprint density at radius 3 is 2.50 bits per heavy atom. The van der Waals surface area contributed by atoms with Crippen LogP contribution in [0.25, 0.3) is 17.1 Å². The van der Waals surface area contributed by atoms with Gasteiger partial charge in [0.2, 0.25) is 0 Å². The second kappa shape index (κ2) is 8.88. The van der Waals surface area contributed by atoms with Gasteiger partial charge in [0, 0.05) is 22.6 Å². The standard InChI is InChI=1S/C23H21N3O5S/c1-13-11-19(14(2)26(13)17-7-5-16(6-8-17)22(28)29-4)20(27)12-32-23-25-24-21(31-23)18-9-10-30-15(18)3/h5-11H,12H2,1-4H3. The smallest absolute Gasteiger partial charge is 0.337 e. The van der Waals surface area contributed by atoms with Crippen LogP contribution in [0.1, 0.15) is 37.9 Å². The Kier molecular flexibility index (Phi) is 6.00. The maximum absolute atomic E-state index is 12.9. The van der Waals surface area contributed by atoms with E-state index >= 15 is 0 Å². The number of rotatable bonds is 7. The van der Waals surface area contributed by atoms with E-state index in [1.165, 1.54) is 18.9 Å². The third-order valence-corrected chi connectivity index (χ3v) is 5.92. The molecule has 0 bridgehead atoms. The molecule has 0 aliphatic heterocycles. The number of benzene rings is 1. The number of esters is 1. The quantitative estimate of drug-likeness (QED) is 0.224. The Balaban J connectivity index is 1.49. The number of ether oxygens (including phenoxy) is 1. The van der Waals surface area contributed by atoms with Crippen molar-refractivity contribution >= 4 is 23.5 Å². The highest BCUT2D eigenvalue weighted by Crippen LogP contribution is 2.28. The van der Waals surface area contributed by atoms with E-state index in [1.807, 2.05) is 43.5 Å². The Bertz CT molecular complexity index is 1280. The summed E-state index contributed by atoms with van der Waals surface area (Å²) in [7, 11) is 1.35. The van der Waals surface area contributed by atoms with Gasteiger partial charge in [-0.1, -0.05) is 11.8 Å². The minimum Gasteiger partial charge on any atom is -0.469 e. The topological polar surface area (TPSA) is 100 Å². The van der Waals surface area contributed by atoms with E-state index in [2.05, 4.69) is 10.2 Å². The normalized spacial score (nSPS) is 11.0. The minimum absolute atomic E-state index is 0.0419. The van der Waals surface area contributed by atoms with E-state index in [4.69, 9.17) is 13.6 Å². The van der Waals surface area contributed by atoms with E-state index in [0.29, 0.717) is 28.0 Å². The second-order valence-electron chi connectivity index (χ2n) is 7.13. The van der Waals surface area contributed by atoms with Crippen molar-refractivity contribution in [3.63, 3.8) is 0 Å². The molecular formula is C23H21N3O5S. The Hall–Kier alpha value is -3.59. The summed E-state index contributed by atoms with van der Waals surface area (Å²) in [6.07, 6.45) is 1.56. The molecule has 164 valence electrons. The van der Waals surface area contributed by atoms with E-state index in [0.717, 1.165) is 22.6 Å². The molecule has 3 heterocycles. The molecule has 1 aromatic carbocycles. The van der Waals surface area contributed by atoms with Crippen LogP contribution >= 0.6 is 11.8 Å². The number of nitrogens with zero attached hydrogens (tertiary/aromatic N) is 3. The van der Waals surface area contributed by atoms with Gasteiger partial charge in [0.05, 0.1) is 30.3 Å². The number of hydrogen-bond donors (Lipinski definition) is 0. The lowest BCUT2D eigenvalue weighted by Gasteiger charge is -2.10. The first-order valence-electron chi connectivity index (χ1n) is 9.80.